The topological polar surface area (TPSA) is 58.6 Å². The van der Waals surface area contributed by atoms with Gasteiger partial charge in [0.2, 0.25) is 0 Å². The lowest BCUT2D eigenvalue weighted by atomic mass is 10.1. The van der Waals surface area contributed by atoms with Gasteiger partial charge in [0.25, 0.3) is 0 Å². The van der Waals surface area contributed by atoms with Gasteiger partial charge >= 0.3 is 12.3 Å². The molecule has 1 aliphatic heterocycles. The molecule has 6 nitrogen and oxygen atoms in total. The van der Waals surface area contributed by atoms with Crippen LogP contribution in [0.25, 0.3) is 0 Å². The number of benzene rings is 1. The standard InChI is InChI=1S/C23H20ClF3N4O2/c24-18-4-8-21(29-15-18)30-9-11-31(12-10-30)22(32)33-20-6-1-16(2-7-20)13-19-5-3-17(14-28-19)23(25,26)27/h1-8,14-15H,9-13H2. The number of alkyl halides is 3. The molecular formula is C23H20ClF3N4O2. The van der Waals surface area contributed by atoms with Crippen LogP contribution in [0, 0.1) is 0 Å². The van der Waals surface area contributed by atoms with E-state index in [1.54, 1.807) is 41.4 Å². The van der Waals surface area contributed by atoms with Crippen LogP contribution >= 0.6 is 11.6 Å². The SMILES string of the molecule is O=C(Oc1ccc(Cc2ccc(C(F)(F)F)cn2)cc1)N1CCN(c2ccc(Cl)cn2)CC1. The number of aromatic nitrogens is 2. The largest absolute Gasteiger partial charge is 0.417 e. The molecule has 0 radical (unpaired) electrons. The summed E-state index contributed by atoms with van der Waals surface area (Å²) in [6, 6.07) is 12.8. The van der Waals surface area contributed by atoms with Crippen molar-refractivity contribution in [2.24, 2.45) is 0 Å². The third kappa shape index (κ3) is 5.92. The third-order valence-electron chi connectivity index (χ3n) is 5.24. The molecule has 172 valence electrons. The highest BCUT2D eigenvalue weighted by Gasteiger charge is 2.30. The van der Waals surface area contributed by atoms with Crippen LogP contribution in [-0.2, 0) is 12.6 Å². The van der Waals surface area contributed by atoms with E-state index in [0.29, 0.717) is 49.1 Å². The Morgan fingerprint density at radius 1 is 0.939 bits per heavy atom. The molecule has 1 saturated heterocycles. The Labute approximate surface area is 193 Å². The molecule has 3 heterocycles. The Hall–Kier alpha value is -3.33. The van der Waals surface area contributed by atoms with Gasteiger partial charge in [0.15, 0.2) is 0 Å². The van der Waals surface area contributed by atoms with Gasteiger partial charge in [0.05, 0.1) is 10.6 Å². The maximum absolute atomic E-state index is 12.6. The Balaban J connectivity index is 1.28. The highest BCUT2D eigenvalue weighted by atomic mass is 35.5. The summed E-state index contributed by atoms with van der Waals surface area (Å²) in [5.74, 6) is 1.21. The van der Waals surface area contributed by atoms with Crippen molar-refractivity contribution in [1.82, 2.24) is 14.9 Å². The maximum atomic E-state index is 12.6. The maximum Gasteiger partial charge on any atom is 0.417 e. The molecule has 33 heavy (non-hydrogen) atoms. The average Bonchev–Trinajstić information content (AvgIpc) is 2.81. The fourth-order valence-electron chi connectivity index (χ4n) is 3.42. The molecule has 1 aliphatic rings. The molecule has 0 saturated carbocycles. The number of ether oxygens (including phenoxy) is 1. The lowest BCUT2D eigenvalue weighted by molar-refractivity contribution is -0.137. The number of carbonyl (C=O) groups excluding carboxylic acids is 1. The number of carbonyl (C=O) groups is 1. The van der Waals surface area contributed by atoms with E-state index in [9.17, 15) is 18.0 Å². The van der Waals surface area contributed by atoms with Gasteiger partial charge in [-0.3, -0.25) is 4.98 Å². The molecular weight excluding hydrogens is 457 g/mol. The van der Waals surface area contributed by atoms with Gasteiger partial charge in [0, 0.05) is 50.7 Å². The smallest absolute Gasteiger partial charge is 0.410 e. The molecule has 2 aromatic heterocycles. The van der Waals surface area contributed by atoms with E-state index in [-0.39, 0.29) is 0 Å². The van der Waals surface area contributed by atoms with Crippen molar-refractivity contribution < 1.29 is 22.7 Å². The van der Waals surface area contributed by atoms with Crippen molar-refractivity contribution in [3.63, 3.8) is 0 Å². The normalized spacial score (nSPS) is 14.3. The first-order valence-electron chi connectivity index (χ1n) is 10.2. The summed E-state index contributed by atoms with van der Waals surface area (Å²) in [4.78, 5) is 24.4. The minimum absolute atomic E-state index is 0.368. The number of amides is 1. The monoisotopic (exact) mass is 476 g/mol. The van der Waals surface area contributed by atoms with Crippen molar-refractivity contribution in [1.29, 1.82) is 0 Å². The minimum atomic E-state index is -4.41. The number of rotatable bonds is 4. The molecule has 0 unspecified atom stereocenters. The predicted molar refractivity (Wildman–Crippen MR) is 118 cm³/mol. The van der Waals surface area contributed by atoms with E-state index in [4.69, 9.17) is 16.3 Å². The van der Waals surface area contributed by atoms with Crippen LogP contribution < -0.4 is 9.64 Å². The lowest BCUT2D eigenvalue weighted by Crippen LogP contribution is -2.49. The zero-order valence-electron chi connectivity index (χ0n) is 17.4. The Morgan fingerprint density at radius 2 is 1.67 bits per heavy atom. The first-order chi connectivity index (χ1) is 15.8. The number of hydrogen-bond acceptors (Lipinski definition) is 5. The highest BCUT2D eigenvalue weighted by molar-refractivity contribution is 6.30. The van der Waals surface area contributed by atoms with E-state index >= 15 is 0 Å². The van der Waals surface area contributed by atoms with Crippen molar-refractivity contribution in [3.05, 3.63) is 82.8 Å². The summed E-state index contributed by atoms with van der Waals surface area (Å²) in [6.07, 6.45) is -2.05. The molecule has 0 aliphatic carbocycles. The van der Waals surface area contributed by atoms with Gasteiger partial charge < -0.3 is 14.5 Å². The molecule has 10 heteroatoms. The van der Waals surface area contributed by atoms with Gasteiger partial charge in [0.1, 0.15) is 11.6 Å². The average molecular weight is 477 g/mol. The number of piperazine rings is 1. The summed E-state index contributed by atoms with van der Waals surface area (Å²) in [7, 11) is 0. The molecule has 1 fully saturated rings. The fraction of sp³-hybridized carbons (Fsp3) is 0.261. The van der Waals surface area contributed by atoms with Crippen molar-refractivity contribution in [2.75, 3.05) is 31.1 Å². The van der Waals surface area contributed by atoms with Crippen LogP contribution in [0.2, 0.25) is 5.02 Å². The Bertz CT molecular complexity index is 1080. The second-order valence-corrected chi connectivity index (χ2v) is 7.97. The van der Waals surface area contributed by atoms with Gasteiger partial charge in [-0.15, -0.1) is 0 Å². The highest BCUT2D eigenvalue weighted by Crippen LogP contribution is 2.28. The first kappa shape index (κ1) is 22.8. The lowest BCUT2D eigenvalue weighted by Gasteiger charge is -2.34. The Morgan fingerprint density at radius 3 is 2.24 bits per heavy atom. The predicted octanol–water partition coefficient (Wildman–Crippen LogP) is 5.06. The quantitative estimate of drug-likeness (QED) is 0.527. The van der Waals surface area contributed by atoms with Crippen molar-refractivity contribution >= 4 is 23.5 Å². The zero-order chi connectivity index (χ0) is 23.4. The number of halogens is 4. The molecule has 0 bridgehead atoms. The summed E-state index contributed by atoms with van der Waals surface area (Å²) < 4.78 is 43.4. The summed E-state index contributed by atoms with van der Waals surface area (Å²) >= 11 is 5.87. The number of nitrogens with zero attached hydrogens (tertiary/aromatic N) is 4. The number of anilines is 1. The van der Waals surface area contributed by atoms with Crippen LogP contribution in [0.15, 0.2) is 60.9 Å². The van der Waals surface area contributed by atoms with Crippen LogP contribution in [0.4, 0.5) is 23.8 Å². The molecule has 0 atom stereocenters. The van der Waals surface area contributed by atoms with Crippen molar-refractivity contribution in [2.45, 2.75) is 12.6 Å². The number of hydrogen-bond donors (Lipinski definition) is 0. The second kappa shape index (κ2) is 9.66. The van der Waals surface area contributed by atoms with Gasteiger partial charge in [-0.05, 0) is 42.0 Å². The van der Waals surface area contributed by atoms with E-state index in [2.05, 4.69) is 14.9 Å². The zero-order valence-corrected chi connectivity index (χ0v) is 18.2. The summed E-state index contributed by atoms with van der Waals surface area (Å²) in [6.45, 7) is 2.26. The summed E-state index contributed by atoms with van der Waals surface area (Å²) in [5.41, 5.74) is 0.575. The number of pyridine rings is 2. The second-order valence-electron chi connectivity index (χ2n) is 7.53. The molecule has 0 spiro atoms. The van der Waals surface area contributed by atoms with E-state index in [1.807, 2.05) is 6.07 Å². The molecule has 0 N–H and O–H groups in total. The molecule has 4 rings (SSSR count). The van der Waals surface area contributed by atoms with Crippen LogP contribution in [0.5, 0.6) is 5.75 Å². The first-order valence-corrected chi connectivity index (χ1v) is 10.6. The van der Waals surface area contributed by atoms with E-state index < -0.39 is 17.8 Å². The van der Waals surface area contributed by atoms with Crippen LogP contribution in [0.1, 0.15) is 16.8 Å². The van der Waals surface area contributed by atoms with Crippen molar-refractivity contribution in [3.8, 4) is 5.75 Å². The van der Waals surface area contributed by atoms with E-state index in [1.165, 1.54) is 6.07 Å². The van der Waals surface area contributed by atoms with Crippen LogP contribution in [-0.4, -0.2) is 47.1 Å². The third-order valence-corrected chi connectivity index (χ3v) is 5.46. The molecule has 1 aromatic carbocycles. The van der Waals surface area contributed by atoms with Gasteiger partial charge in [-0.25, -0.2) is 9.78 Å². The Kier molecular flexibility index (Phi) is 6.69. The van der Waals surface area contributed by atoms with Gasteiger partial charge in [-0.1, -0.05) is 23.7 Å². The van der Waals surface area contributed by atoms with Gasteiger partial charge in [-0.2, -0.15) is 13.2 Å². The van der Waals surface area contributed by atoms with Crippen LogP contribution in [0.3, 0.4) is 0 Å². The minimum Gasteiger partial charge on any atom is -0.410 e. The molecule has 1 amide bonds. The molecule has 3 aromatic rings. The van der Waals surface area contributed by atoms with E-state index in [0.717, 1.165) is 23.6 Å². The fourth-order valence-corrected chi connectivity index (χ4v) is 3.53. The summed E-state index contributed by atoms with van der Waals surface area (Å²) in [5, 5.41) is 0.572.